The largest absolute Gasteiger partial charge is 0.394 e. The average molecular weight is 1070 g/mol. The maximum absolute atomic E-state index is 11.5. The van der Waals surface area contributed by atoms with Crippen molar-refractivity contribution in [1.29, 1.82) is 0 Å². The molecule has 0 spiro atoms. The molecule has 0 amide bonds. The van der Waals surface area contributed by atoms with Gasteiger partial charge in [0.25, 0.3) is 0 Å². The highest BCUT2D eigenvalue weighted by atomic mass is 16.8. The lowest BCUT2D eigenvalue weighted by molar-refractivity contribution is -0.359. The molecule has 75 heavy (non-hydrogen) atoms. The normalized spacial score (nSPS) is 56.5. The van der Waals surface area contributed by atoms with E-state index in [-0.39, 0.29) is 54.0 Å². The smallest absolute Gasteiger partial charge is 0.187 e. The maximum atomic E-state index is 11.5. The van der Waals surface area contributed by atoms with Crippen LogP contribution < -0.4 is 0 Å². The van der Waals surface area contributed by atoms with Crippen molar-refractivity contribution in [2.24, 2.45) is 28.6 Å². The van der Waals surface area contributed by atoms with Crippen LogP contribution in [0.15, 0.2) is 11.6 Å². The predicted molar refractivity (Wildman–Crippen MR) is 258 cm³/mol. The molecule has 5 N–H and O–H groups in total. The van der Waals surface area contributed by atoms with Gasteiger partial charge in [-0.2, -0.15) is 0 Å². The Bertz CT molecular complexity index is 2010. The van der Waals surface area contributed by atoms with E-state index in [0.29, 0.717) is 31.3 Å². The Kier molecular flexibility index (Phi) is 15.9. The zero-order valence-corrected chi connectivity index (χ0v) is 45.3. The third-order valence-corrected chi connectivity index (χ3v) is 20.0. The van der Waals surface area contributed by atoms with Gasteiger partial charge in [-0.25, -0.2) is 0 Å². The number of aliphatic hydroxyl groups is 5. The predicted octanol–water partition coefficient (Wildman–Crippen LogP) is 2.70. The Morgan fingerprint density at radius 2 is 1.16 bits per heavy atom. The molecule has 0 radical (unpaired) electrons. The lowest BCUT2D eigenvalue weighted by Gasteiger charge is -2.59. The number of hydrogen-bond acceptors (Lipinski definition) is 21. The molecule has 2 saturated carbocycles. The number of ether oxygens (including phenoxy) is 16. The van der Waals surface area contributed by atoms with Crippen molar-refractivity contribution in [3.8, 4) is 0 Å². The van der Waals surface area contributed by atoms with E-state index in [1.807, 2.05) is 13.8 Å². The molecule has 21 heteroatoms. The summed E-state index contributed by atoms with van der Waals surface area (Å²) in [6.07, 6.45) is -7.07. The van der Waals surface area contributed by atoms with Gasteiger partial charge in [-0.3, -0.25) is 0 Å². The molecule has 0 aromatic carbocycles. The van der Waals surface area contributed by atoms with Crippen LogP contribution in [0.25, 0.3) is 0 Å². The first-order chi connectivity index (χ1) is 35.8. The molecule has 30 unspecified atom stereocenters. The van der Waals surface area contributed by atoms with E-state index in [1.165, 1.54) is 19.1 Å². The molecule has 0 aromatic rings. The average Bonchev–Trinajstić information content (AvgIpc) is 3.87. The quantitative estimate of drug-likeness (QED) is 0.157. The molecule has 0 aromatic heterocycles. The van der Waals surface area contributed by atoms with Crippen molar-refractivity contribution >= 4 is 0 Å². The maximum Gasteiger partial charge on any atom is 0.187 e. The van der Waals surface area contributed by atoms with Crippen molar-refractivity contribution < 1.29 is 101 Å². The molecule has 10 fully saturated rings. The molecule has 21 nitrogen and oxygen atoms in total. The van der Waals surface area contributed by atoms with Gasteiger partial charge in [-0.15, -0.1) is 0 Å². The van der Waals surface area contributed by atoms with E-state index in [4.69, 9.17) is 75.8 Å². The molecule has 11 aliphatic rings. The van der Waals surface area contributed by atoms with Gasteiger partial charge in [0.2, 0.25) is 0 Å². The highest BCUT2D eigenvalue weighted by Gasteiger charge is 2.83. The monoisotopic (exact) mass is 1070 g/mol. The van der Waals surface area contributed by atoms with Crippen LogP contribution in [0.1, 0.15) is 113 Å². The minimum absolute atomic E-state index is 0.0286. The summed E-state index contributed by atoms with van der Waals surface area (Å²) < 4.78 is 101. The van der Waals surface area contributed by atoms with Crippen LogP contribution in [-0.4, -0.2) is 213 Å². The fraction of sp³-hybridized carbons (Fsp3) is 0.963. The van der Waals surface area contributed by atoms with Crippen LogP contribution in [-0.2, 0) is 75.8 Å². The fourth-order valence-electron chi connectivity index (χ4n) is 16.1. The summed E-state index contributed by atoms with van der Waals surface area (Å²) in [5.74, 6) is -0.0949. The van der Waals surface area contributed by atoms with E-state index in [9.17, 15) is 25.5 Å². The third kappa shape index (κ3) is 9.55. The molecule has 30 atom stereocenters. The van der Waals surface area contributed by atoms with Gasteiger partial charge in [0.05, 0.1) is 80.2 Å². The first-order valence-electron chi connectivity index (χ1n) is 27.9. The van der Waals surface area contributed by atoms with Crippen molar-refractivity contribution in [2.75, 3.05) is 34.5 Å². The van der Waals surface area contributed by atoms with Gasteiger partial charge in [0.15, 0.2) is 43.0 Å². The molecule has 8 heterocycles. The van der Waals surface area contributed by atoms with Crippen LogP contribution in [0.5, 0.6) is 0 Å². The summed E-state index contributed by atoms with van der Waals surface area (Å²) in [6.45, 7) is 14.5. The van der Waals surface area contributed by atoms with Crippen molar-refractivity contribution in [2.45, 2.75) is 266 Å². The summed E-state index contributed by atoms with van der Waals surface area (Å²) in [4.78, 5) is 0. The summed E-state index contributed by atoms with van der Waals surface area (Å²) in [5.41, 5.74) is 1.51. The highest BCUT2D eigenvalue weighted by Crippen LogP contribution is 2.76. The number of methoxy groups -OCH3 is 3. The molecular formula is C54H86O21. The lowest BCUT2D eigenvalue weighted by Crippen LogP contribution is -2.62. The second-order valence-electron chi connectivity index (χ2n) is 24.3. The minimum Gasteiger partial charge on any atom is -0.394 e. The zero-order chi connectivity index (χ0) is 53.1. The Hall–Kier alpha value is -1.10. The number of aliphatic hydroxyl groups excluding tert-OH is 5. The Morgan fingerprint density at radius 3 is 1.72 bits per heavy atom. The second-order valence-corrected chi connectivity index (χ2v) is 24.3. The van der Waals surface area contributed by atoms with Crippen LogP contribution in [0.3, 0.4) is 0 Å². The Labute approximate surface area is 440 Å². The Morgan fingerprint density at radius 1 is 0.613 bits per heavy atom. The van der Waals surface area contributed by atoms with Gasteiger partial charge < -0.3 is 101 Å². The third-order valence-electron chi connectivity index (χ3n) is 20.0. The summed E-state index contributed by atoms with van der Waals surface area (Å²) in [5, 5.41) is 52.2. The summed E-state index contributed by atoms with van der Waals surface area (Å²) in [7, 11) is 4.83. The zero-order valence-electron chi connectivity index (χ0n) is 45.3. The molecule has 11 rings (SSSR count). The first-order valence-corrected chi connectivity index (χ1v) is 27.9. The number of hydrogen-bond donors (Lipinski definition) is 5. The number of allylic oxidation sites excluding steroid dienone is 1. The molecule has 8 aliphatic heterocycles. The second kappa shape index (κ2) is 21.3. The summed E-state index contributed by atoms with van der Waals surface area (Å²) >= 11 is 0. The van der Waals surface area contributed by atoms with E-state index >= 15 is 0 Å². The SMILES string of the molecule is COC1CC(OC2C(C)OC(OC3CCC4(C)C(=CCC5C4CCC4(C)C6C7COC6(C)OC54O7)C3)CC2OC)OC(C)C1OC1CC(O)C(OC2CC(OC)C(OC3OC(CO)C(O)C(O)C3O)C(C)O2)C(C)O1. The van der Waals surface area contributed by atoms with Crippen molar-refractivity contribution in [3.05, 3.63) is 11.6 Å². The molecule has 2 bridgehead atoms. The van der Waals surface area contributed by atoms with Crippen LogP contribution in [0.4, 0.5) is 0 Å². The van der Waals surface area contributed by atoms with E-state index in [1.54, 1.807) is 28.1 Å². The topological polar surface area (TPSA) is 249 Å². The first kappa shape index (κ1) is 55.8. The van der Waals surface area contributed by atoms with Gasteiger partial charge in [-0.1, -0.05) is 25.5 Å². The van der Waals surface area contributed by atoms with E-state index in [2.05, 4.69) is 26.8 Å². The van der Waals surface area contributed by atoms with Crippen molar-refractivity contribution in [3.63, 3.8) is 0 Å². The van der Waals surface area contributed by atoms with Gasteiger partial charge in [0, 0.05) is 58.3 Å². The lowest BCUT2D eigenvalue weighted by atomic mass is 9.48. The number of rotatable bonds is 14. The molecule has 428 valence electrons. The van der Waals surface area contributed by atoms with Crippen LogP contribution in [0.2, 0.25) is 0 Å². The minimum atomic E-state index is -1.60. The molecule has 3 aliphatic carbocycles. The van der Waals surface area contributed by atoms with E-state index in [0.717, 1.165) is 32.1 Å². The molecule has 8 saturated heterocycles. The Balaban J connectivity index is 0.645. The standard InChI is InChI=1S/C54H86O21/c1-24-45(70-40-21-35(62-10)48(27(4)67-40)73-50-44(59)43(58)42(57)36(22-55)69-50)32(56)18-38(64-24)71-46-26(3)66-41(20-34(46)61-9)72-47-25(2)65-39(19-33(47)60-8)68-29-13-15-51(5)28(17-29)11-12-31-30(51)14-16-52(6)49-37-23-63-53(49,7)75-54(31,52)74-37/h11,24-27,29-50,55-59H,12-23H2,1-10H3. The number of fused-ring (bicyclic) bond motifs is 3. The van der Waals surface area contributed by atoms with Crippen molar-refractivity contribution in [1.82, 2.24) is 0 Å². The van der Waals surface area contributed by atoms with Gasteiger partial charge >= 0.3 is 0 Å². The van der Waals surface area contributed by atoms with E-state index < -0.39 is 135 Å². The van der Waals surface area contributed by atoms with Gasteiger partial charge in [-0.05, 0) is 84.5 Å². The summed E-state index contributed by atoms with van der Waals surface area (Å²) in [6, 6.07) is 0. The fourth-order valence-corrected chi connectivity index (χ4v) is 16.1. The molecular weight excluding hydrogens is 985 g/mol. The van der Waals surface area contributed by atoms with Crippen LogP contribution in [0, 0.1) is 28.6 Å². The van der Waals surface area contributed by atoms with Crippen LogP contribution >= 0.6 is 0 Å². The highest BCUT2D eigenvalue weighted by molar-refractivity contribution is 5.30. The van der Waals surface area contributed by atoms with Gasteiger partial charge in [0.1, 0.15) is 48.8 Å².